The van der Waals surface area contributed by atoms with Gasteiger partial charge in [-0.2, -0.15) is 0 Å². The second-order valence-electron chi connectivity index (χ2n) is 5.84. The molecule has 0 saturated carbocycles. The number of amides is 1. The maximum Gasteiger partial charge on any atom is 0.339 e. The van der Waals surface area contributed by atoms with Crippen molar-refractivity contribution >= 4 is 17.6 Å². The van der Waals surface area contributed by atoms with E-state index in [1.165, 1.54) is 7.11 Å². The highest BCUT2D eigenvalue weighted by atomic mass is 16.5. The van der Waals surface area contributed by atoms with Gasteiger partial charge in [-0.15, -0.1) is 0 Å². The summed E-state index contributed by atoms with van der Waals surface area (Å²) < 4.78 is 4.78. The van der Waals surface area contributed by atoms with E-state index in [2.05, 4.69) is 10.6 Å². The number of anilines is 1. The van der Waals surface area contributed by atoms with Crippen LogP contribution in [0, 0.1) is 12.3 Å². The number of esters is 1. The average molecular weight is 290 g/mol. The van der Waals surface area contributed by atoms with Gasteiger partial charge in [-0.05, 0) is 45.4 Å². The van der Waals surface area contributed by atoms with E-state index < -0.39 is 11.4 Å². The molecule has 0 bridgehead atoms. The van der Waals surface area contributed by atoms with Crippen LogP contribution in [-0.4, -0.2) is 32.1 Å². The van der Waals surface area contributed by atoms with Gasteiger partial charge in [-0.1, -0.05) is 11.6 Å². The zero-order valence-electron chi connectivity index (χ0n) is 12.8. The number of piperidine rings is 1. The van der Waals surface area contributed by atoms with E-state index in [9.17, 15) is 9.59 Å². The fourth-order valence-corrected chi connectivity index (χ4v) is 2.57. The molecule has 1 amide bonds. The quantitative estimate of drug-likeness (QED) is 0.837. The third-order valence-electron chi connectivity index (χ3n) is 3.97. The Morgan fingerprint density at radius 1 is 1.38 bits per heavy atom. The lowest BCUT2D eigenvalue weighted by Gasteiger charge is -2.32. The standard InChI is InChI=1S/C16H22N2O3/c1-11-5-6-13(12(9-11)14(19)21-3)18-15(20)16(2)7-4-8-17-10-16/h5-6,9,17H,4,7-8,10H2,1-3H3,(H,18,20). The fraction of sp³-hybridized carbons (Fsp3) is 0.500. The first-order valence-electron chi connectivity index (χ1n) is 7.17. The van der Waals surface area contributed by atoms with Crippen molar-refractivity contribution in [1.82, 2.24) is 5.32 Å². The summed E-state index contributed by atoms with van der Waals surface area (Å²) in [7, 11) is 1.34. The zero-order valence-corrected chi connectivity index (χ0v) is 12.8. The maximum atomic E-state index is 12.5. The number of carbonyl (C=O) groups excluding carboxylic acids is 2. The van der Waals surface area contributed by atoms with E-state index in [1.54, 1.807) is 12.1 Å². The summed E-state index contributed by atoms with van der Waals surface area (Å²) in [6.07, 6.45) is 1.81. The molecule has 1 aromatic rings. The fourth-order valence-electron chi connectivity index (χ4n) is 2.57. The molecule has 0 aromatic heterocycles. The van der Waals surface area contributed by atoms with Gasteiger partial charge in [0.1, 0.15) is 0 Å². The lowest BCUT2D eigenvalue weighted by molar-refractivity contribution is -0.125. The summed E-state index contributed by atoms with van der Waals surface area (Å²) in [6, 6.07) is 5.34. The molecular formula is C16H22N2O3. The molecule has 5 heteroatoms. The molecule has 21 heavy (non-hydrogen) atoms. The van der Waals surface area contributed by atoms with Crippen LogP contribution >= 0.6 is 0 Å². The predicted octanol–water partition coefficient (Wildman–Crippen LogP) is 2.11. The lowest BCUT2D eigenvalue weighted by Crippen LogP contribution is -2.46. The summed E-state index contributed by atoms with van der Waals surface area (Å²) >= 11 is 0. The number of methoxy groups -OCH3 is 1. The second kappa shape index (κ2) is 6.26. The number of ether oxygens (including phenoxy) is 1. The molecule has 1 atom stereocenters. The molecule has 1 unspecified atom stereocenters. The molecule has 114 valence electrons. The summed E-state index contributed by atoms with van der Waals surface area (Å²) in [6.45, 7) is 5.43. The molecule has 0 aliphatic carbocycles. The smallest absolute Gasteiger partial charge is 0.339 e. The topological polar surface area (TPSA) is 67.4 Å². The van der Waals surface area contributed by atoms with Gasteiger partial charge < -0.3 is 15.4 Å². The number of rotatable bonds is 3. The van der Waals surface area contributed by atoms with Crippen LogP contribution in [0.1, 0.15) is 35.7 Å². The first kappa shape index (κ1) is 15.5. The van der Waals surface area contributed by atoms with Gasteiger partial charge in [0.05, 0.1) is 23.8 Å². The minimum atomic E-state index is -0.448. The van der Waals surface area contributed by atoms with Crippen molar-refractivity contribution in [2.45, 2.75) is 26.7 Å². The highest BCUT2D eigenvalue weighted by Gasteiger charge is 2.35. The molecule has 0 spiro atoms. The summed E-state index contributed by atoms with van der Waals surface area (Å²) in [5.74, 6) is -0.510. The van der Waals surface area contributed by atoms with Crippen LogP contribution in [0.25, 0.3) is 0 Å². The van der Waals surface area contributed by atoms with E-state index >= 15 is 0 Å². The minimum Gasteiger partial charge on any atom is -0.465 e. The molecule has 1 fully saturated rings. The van der Waals surface area contributed by atoms with Crippen LogP contribution < -0.4 is 10.6 Å². The van der Waals surface area contributed by atoms with E-state index in [4.69, 9.17) is 4.74 Å². The predicted molar refractivity (Wildman–Crippen MR) is 81.4 cm³/mol. The largest absolute Gasteiger partial charge is 0.465 e. The van der Waals surface area contributed by atoms with Crippen molar-refractivity contribution in [3.05, 3.63) is 29.3 Å². The van der Waals surface area contributed by atoms with E-state index in [-0.39, 0.29) is 5.91 Å². The van der Waals surface area contributed by atoms with Crippen LogP contribution in [0.4, 0.5) is 5.69 Å². The van der Waals surface area contributed by atoms with Gasteiger partial charge >= 0.3 is 5.97 Å². The Kier molecular flexibility index (Phi) is 4.63. The number of hydrogen-bond donors (Lipinski definition) is 2. The Morgan fingerprint density at radius 2 is 2.14 bits per heavy atom. The summed E-state index contributed by atoms with van der Waals surface area (Å²) in [5, 5.41) is 6.13. The first-order valence-corrected chi connectivity index (χ1v) is 7.17. The van der Waals surface area contributed by atoms with E-state index in [0.29, 0.717) is 17.8 Å². The molecule has 1 aliphatic heterocycles. The normalized spacial score (nSPS) is 21.7. The Morgan fingerprint density at radius 3 is 2.76 bits per heavy atom. The maximum absolute atomic E-state index is 12.5. The zero-order chi connectivity index (χ0) is 15.5. The summed E-state index contributed by atoms with van der Waals surface area (Å²) in [4.78, 5) is 24.4. The number of benzene rings is 1. The van der Waals surface area contributed by atoms with Crippen molar-refractivity contribution in [3.8, 4) is 0 Å². The Labute approximate surface area is 125 Å². The Bertz CT molecular complexity index is 548. The van der Waals surface area contributed by atoms with Gasteiger partial charge in [0.25, 0.3) is 0 Å². The highest BCUT2D eigenvalue weighted by Crippen LogP contribution is 2.28. The summed E-state index contributed by atoms with van der Waals surface area (Å²) in [5.41, 5.74) is 1.39. The third-order valence-corrected chi connectivity index (χ3v) is 3.97. The second-order valence-corrected chi connectivity index (χ2v) is 5.84. The lowest BCUT2D eigenvalue weighted by atomic mass is 9.82. The molecule has 5 nitrogen and oxygen atoms in total. The molecule has 2 rings (SSSR count). The third kappa shape index (κ3) is 3.42. The Hall–Kier alpha value is -1.88. The SMILES string of the molecule is COC(=O)c1cc(C)ccc1NC(=O)C1(C)CCCNC1. The highest BCUT2D eigenvalue weighted by molar-refractivity contribution is 6.03. The van der Waals surface area contributed by atoms with Crippen molar-refractivity contribution in [2.75, 3.05) is 25.5 Å². The molecule has 1 aromatic carbocycles. The Balaban J connectivity index is 2.22. The van der Waals surface area contributed by atoms with Crippen LogP contribution in [0.5, 0.6) is 0 Å². The van der Waals surface area contributed by atoms with Crippen molar-refractivity contribution in [1.29, 1.82) is 0 Å². The first-order chi connectivity index (χ1) is 9.96. The number of carbonyl (C=O) groups is 2. The molecule has 0 radical (unpaired) electrons. The minimum absolute atomic E-state index is 0.0660. The molecule has 1 heterocycles. The van der Waals surface area contributed by atoms with Gasteiger partial charge in [0.15, 0.2) is 0 Å². The van der Waals surface area contributed by atoms with Gasteiger partial charge in [0.2, 0.25) is 5.91 Å². The number of hydrogen-bond acceptors (Lipinski definition) is 4. The molecule has 1 saturated heterocycles. The van der Waals surface area contributed by atoms with E-state index in [0.717, 1.165) is 24.9 Å². The van der Waals surface area contributed by atoms with Crippen molar-refractivity contribution in [2.24, 2.45) is 5.41 Å². The van der Waals surface area contributed by atoms with Crippen LogP contribution in [0.3, 0.4) is 0 Å². The van der Waals surface area contributed by atoms with Gasteiger partial charge in [-0.3, -0.25) is 4.79 Å². The van der Waals surface area contributed by atoms with Crippen molar-refractivity contribution < 1.29 is 14.3 Å². The van der Waals surface area contributed by atoms with Gasteiger partial charge in [-0.25, -0.2) is 4.79 Å². The van der Waals surface area contributed by atoms with Crippen LogP contribution in [0.15, 0.2) is 18.2 Å². The van der Waals surface area contributed by atoms with Gasteiger partial charge in [0, 0.05) is 6.54 Å². The number of nitrogens with one attached hydrogen (secondary N) is 2. The number of aryl methyl sites for hydroxylation is 1. The molecule has 1 aliphatic rings. The monoisotopic (exact) mass is 290 g/mol. The molecule has 2 N–H and O–H groups in total. The van der Waals surface area contributed by atoms with Crippen LogP contribution in [-0.2, 0) is 9.53 Å². The average Bonchev–Trinajstić information content (AvgIpc) is 2.49. The van der Waals surface area contributed by atoms with Crippen molar-refractivity contribution in [3.63, 3.8) is 0 Å². The molecular weight excluding hydrogens is 268 g/mol. The van der Waals surface area contributed by atoms with E-state index in [1.807, 2.05) is 19.9 Å². The van der Waals surface area contributed by atoms with Crippen LogP contribution in [0.2, 0.25) is 0 Å².